The van der Waals surface area contributed by atoms with Crippen molar-refractivity contribution in [3.63, 3.8) is 0 Å². The average molecular weight is 547 g/mol. The first-order valence-electron chi connectivity index (χ1n) is 9.88. The van der Waals surface area contributed by atoms with Gasteiger partial charge in [-0.3, -0.25) is 9.59 Å². The van der Waals surface area contributed by atoms with Crippen LogP contribution in [-0.4, -0.2) is 16.0 Å². The van der Waals surface area contributed by atoms with Crippen molar-refractivity contribution >= 4 is 63.8 Å². The number of carbonyl (C=O) groups excluding carboxylic acids is 2. The van der Waals surface area contributed by atoms with Crippen molar-refractivity contribution in [2.75, 3.05) is 5.32 Å². The summed E-state index contributed by atoms with van der Waals surface area (Å²) < 4.78 is 40.3. The van der Waals surface area contributed by atoms with E-state index in [1.54, 1.807) is 12.1 Å². The normalized spacial score (nSPS) is 18.4. The molecule has 34 heavy (non-hydrogen) atoms. The van der Waals surface area contributed by atoms with Crippen molar-refractivity contribution in [2.45, 2.75) is 16.7 Å². The summed E-state index contributed by atoms with van der Waals surface area (Å²) >= 11 is 24.6. The number of ketones is 1. The van der Waals surface area contributed by atoms with Gasteiger partial charge in [0.15, 0.2) is 5.78 Å². The Kier molecular flexibility index (Phi) is 6.89. The number of benzene rings is 3. The number of nitrogens with one attached hydrogen (secondary N) is 1. The minimum Gasteiger partial charge on any atom is -0.323 e. The largest absolute Gasteiger partial charge is 0.323 e. The molecule has 1 fully saturated rings. The Morgan fingerprint density at radius 1 is 0.882 bits per heavy atom. The molecular formula is C24H14Cl4F3NO2. The van der Waals surface area contributed by atoms with Crippen LogP contribution in [-0.2, 0) is 11.2 Å². The van der Waals surface area contributed by atoms with Gasteiger partial charge in [-0.1, -0.05) is 35.3 Å². The summed E-state index contributed by atoms with van der Waals surface area (Å²) in [6.07, 6.45) is -0.247. The lowest BCUT2D eigenvalue weighted by molar-refractivity contribution is -0.117. The summed E-state index contributed by atoms with van der Waals surface area (Å²) in [5.41, 5.74) is 0.124. The van der Waals surface area contributed by atoms with Gasteiger partial charge in [0, 0.05) is 28.5 Å². The topological polar surface area (TPSA) is 46.2 Å². The van der Waals surface area contributed by atoms with Crippen LogP contribution in [0.4, 0.5) is 18.9 Å². The van der Waals surface area contributed by atoms with E-state index in [4.69, 9.17) is 46.4 Å². The molecule has 2 atom stereocenters. The minimum atomic E-state index is -1.50. The second kappa shape index (κ2) is 9.42. The third-order valence-corrected chi connectivity index (χ3v) is 6.85. The van der Waals surface area contributed by atoms with Crippen LogP contribution in [0.15, 0.2) is 54.6 Å². The van der Waals surface area contributed by atoms with Gasteiger partial charge in [-0.05, 0) is 47.5 Å². The number of rotatable bonds is 6. The highest BCUT2D eigenvalue weighted by Gasteiger charge is 2.67. The smallest absolute Gasteiger partial charge is 0.231 e. The Morgan fingerprint density at radius 3 is 2.12 bits per heavy atom. The molecular weight excluding hydrogens is 533 g/mol. The number of amides is 1. The zero-order chi connectivity index (χ0) is 24.8. The summed E-state index contributed by atoms with van der Waals surface area (Å²) in [5, 5.41) is 2.98. The molecule has 0 spiro atoms. The highest BCUT2D eigenvalue weighted by Crippen LogP contribution is 2.65. The molecule has 10 heteroatoms. The number of carbonyl (C=O) groups is 2. The second-order valence-corrected chi connectivity index (χ2v) is 10.2. The van der Waals surface area contributed by atoms with Crippen molar-refractivity contribution < 1.29 is 22.8 Å². The van der Waals surface area contributed by atoms with E-state index in [2.05, 4.69) is 5.32 Å². The molecule has 176 valence electrons. The summed E-state index contributed by atoms with van der Waals surface area (Å²) in [5.74, 6) is -5.72. The molecule has 0 radical (unpaired) electrons. The van der Waals surface area contributed by atoms with Crippen molar-refractivity contribution in [1.29, 1.82) is 0 Å². The first-order valence-corrected chi connectivity index (χ1v) is 11.4. The Hall–Kier alpha value is -2.25. The molecule has 3 nitrogen and oxygen atoms in total. The lowest BCUT2D eigenvalue weighted by atomic mass is 10.0. The number of hydrogen-bond acceptors (Lipinski definition) is 2. The van der Waals surface area contributed by atoms with Gasteiger partial charge in [-0.25, -0.2) is 13.2 Å². The molecule has 0 heterocycles. The van der Waals surface area contributed by atoms with Crippen LogP contribution in [0.5, 0.6) is 0 Å². The Balaban J connectivity index is 1.55. The Morgan fingerprint density at radius 2 is 1.50 bits per heavy atom. The van der Waals surface area contributed by atoms with Crippen LogP contribution < -0.4 is 5.32 Å². The molecule has 0 aliphatic heterocycles. The first kappa shape index (κ1) is 24.9. The fourth-order valence-electron chi connectivity index (χ4n) is 3.77. The number of alkyl halides is 2. The highest BCUT2D eigenvalue weighted by atomic mass is 35.5. The maximum absolute atomic E-state index is 14.4. The van der Waals surface area contributed by atoms with Crippen molar-refractivity contribution in [3.8, 4) is 0 Å². The molecule has 0 bridgehead atoms. The van der Waals surface area contributed by atoms with Crippen LogP contribution in [0.3, 0.4) is 0 Å². The molecule has 1 amide bonds. The van der Waals surface area contributed by atoms with Gasteiger partial charge >= 0.3 is 0 Å². The first-order chi connectivity index (χ1) is 16.0. The molecule has 4 rings (SSSR count). The lowest BCUT2D eigenvalue weighted by Gasteiger charge is -2.10. The molecule has 1 saturated carbocycles. The third-order valence-electron chi connectivity index (χ3n) is 5.47. The summed E-state index contributed by atoms with van der Waals surface area (Å²) in [6.45, 7) is 0. The fraction of sp³-hybridized carbons (Fsp3) is 0.167. The predicted octanol–water partition coefficient (Wildman–Crippen LogP) is 7.36. The predicted molar refractivity (Wildman–Crippen MR) is 127 cm³/mol. The van der Waals surface area contributed by atoms with Crippen molar-refractivity contribution in [3.05, 3.63) is 98.8 Å². The third kappa shape index (κ3) is 5.05. The fourth-order valence-corrected chi connectivity index (χ4v) is 5.15. The number of halogens is 7. The number of Topliss-reactive ketones (excluding diaryl/α,β-unsaturated/α-hetero) is 1. The van der Waals surface area contributed by atoms with Crippen LogP contribution in [0.25, 0.3) is 0 Å². The SMILES string of the molecule is O=C(Cc1ccc(F)cc1)c1cc(NC(=O)C2C(c3cc(Cl)cc(Cl)c3)C2(Cl)Cl)c(F)cc1F. The van der Waals surface area contributed by atoms with E-state index in [1.807, 2.05) is 0 Å². The van der Waals surface area contributed by atoms with E-state index in [1.165, 1.54) is 30.3 Å². The van der Waals surface area contributed by atoms with Crippen LogP contribution >= 0.6 is 46.4 Å². The van der Waals surface area contributed by atoms with Gasteiger partial charge in [0.1, 0.15) is 21.8 Å². The molecule has 2 unspecified atom stereocenters. The summed E-state index contributed by atoms with van der Waals surface area (Å²) in [4.78, 5) is 25.4. The lowest BCUT2D eigenvalue weighted by Crippen LogP contribution is -2.19. The zero-order valence-electron chi connectivity index (χ0n) is 17.0. The molecule has 0 saturated heterocycles. The van der Waals surface area contributed by atoms with Gasteiger partial charge < -0.3 is 5.32 Å². The van der Waals surface area contributed by atoms with Gasteiger partial charge in [-0.2, -0.15) is 0 Å². The van der Waals surface area contributed by atoms with Crippen molar-refractivity contribution in [1.82, 2.24) is 0 Å². The van der Waals surface area contributed by atoms with Crippen LogP contribution in [0.1, 0.15) is 27.4 Å². The van der Waals surface area contributed by atoms with Gasteiger partial charge in [0.2, 0.25) is 5.91 Å². The van der Waals surface area contributed by atoms with E-state index >= 15 is 0 Å². The quantitative estimate of drug-likeness (QED) is 0.259. The average Bonchev–Trinajstić information content (AvgIpc) is 3.33. The zero-order valence-corrected chi connectivity index (χ0v) is 20.0. The van der Waals surface area contributed by atoms with E-state index in [0.29, 0.717) is 27.2 Å². The number of anilines is 1. The standard InChI is InChI=1S/C24H14Cl4F3NO2/c25-13-6-12(7-14(26)8-13)21-22(24(21,27)28)23(34)32-19-9-16(17(30)10-18(19)31)20(33)5-11-1-3-15(29)4-2-11/h1-4,6-10,21-22H,5H2,(H,32,34). The van der Waals surface area contributed by atoms with Crippen LogP contribution in [0.2, 0.25) is 10.0 Å². The van der Waals surface area contributed by atoms with E-state index in [0.717, 1.165) is 6.07 Å². The Bertz CT molecular complexity index is 1280. The molecule has 0 aromatic heterocycles. The van der Waals surface area contributed by atoms with Gasteiger partial charge in [0.25, 0.3) is 0 Å². The summed E-state index contributed by atoms with van der Waals surface area (Å²) in [6, 6.07) is 11.1. The minimum absolute atomic E-state index is 0.247. The molecule has 1 aliphatic carbocycles. The maximum atomic E-state index is 14.4. The molecule has 1 N–H and O–H groups in total. The second-order valence-electron chi connectivity index (χ2n) is 7.86. The van der Waals surface area contributed by atoms with E-state index < -0.39 is 56.6 Å². The maximum Gasteiger partial charge on any atom is 0.231 e. The monoisotopic (exact) mass is 545 g/mol. The van der Waals surface area contributed by atoms with Gasteiger partial charge in [0.05, 0.1) is 17.2 Å². The van der Waals surface area contributed by atoms with E-state index in [-0.39, 0.29) is 6.42 Å². The Labute approximate surface area is 212 Å². The molecule has 3 aromatic rings. The highest BCUT2D eigenvalue weighted by molar-refractivity contribution is 6.53. The summed E-state index contributed by atoms with van der Waals surface area (Å²) in [7, 11) is 0. The molecule has 1 aliphatic rings. The van der Waals surface area contributed by atoms with Gasteiger partial charge in [-0.15, -0.1) is 23.2 Å². The van der Waals surface area contributed by atoms with E-state index in [9.17, 15) is 22.8 Å². The molecule has 3 aromatic carbocycles. The van der Waals surface area contributed by atoms with Crippen molar-refractivity contribution in [2.24, 2.45) is 5.92 Å². The van der Waals surface area contributed by atoms with Crippen LogP contribution in [0, 0.1) is 23.4 Å². The number of hydrogen-bond donors (Lipinski definition) is 1.